The van der Waals surface area contributed by atoms with Crippen LogP contribution in [0.4, 0.5) is 5.00 Å². The van der Waals surface area contributed by atoms with Crippen LogP contribution in [0.15, 0.2) is 29.6 Å². The van der Waals surface area contributed by atoms with Crippen LogP contribution < -0.4 is 10.6 Å². The number of anilines is 1. The molecular formula is C23H28N2O6S. The third-order valence-corrected chi connectivity index (χ3v) is 5.21. The highest BCUT2D eigenvalue weighted by Crippen LogP contribution is 2.30. The summed E-state index contributed by atoms with van der Waals surface area (Å²) < 4.78 is 10.0. The number of rotatable bonds is 10. The molecule has 0 bridgehead atoms. The summed E-state index contributed by atoms with van der Waals surface area (Å²) in [6.07, 6.45) is 0.663. The molecule has 0 aliphatic heterocycles. The minimum Gasteiger partial charge on any atom is -0.462 e. The quantitative estimate of drug-likeness (QED) is 0.526. The first-order chi connectivity index (χ1) is 15.2. The Morgan fingerprint density at radius 1 is 1.12 bits per heavy atom. The lowest BCUT2D eigenvalue weighted by molar-refractivity contribution is -0.146. The van der Waals surface area contributed by atoms with Crippen LogP contribution in [0.5, 0.6) is 0 Å². The van der Waals surface area contributed by atoms with Crippen molar-refractivity contribution in [1.82, 2.24) is 5.32 Å². The molecular weight excluding hydrogens is 432 g/mol. The predicted molar refractivity (Wildman–Crippen MR) is 122 cm³/mol. The smallest absolute Gasteiger partial charge is 0.341 e. The van der Waals surface area contributed by atoms with Crippen LogP contribution in [0.3, 0.4) is 0 Å². The lowest BCUT2D eigenvalue weighted by Gasteiger charge is -2.10. The summed E-state index contributed by atoms with van der Waals surface area (Å²) in [4.78, 5) is 48.6. The number of hydrogen-bond donors (Lipinski definition) is 2. The molecule has 32 heavy (non-hydrogen) atoms. The molecule has 0 aliphatic rings. The fourth-order valence-electron chi connectivity index (χ4n) is 2.90. The van der Waals surface area contributed by atoms with Crippen LogP contribution in [0, 0.1) is 12.8 Å². The van der Waals surface area contributed by atoms with Gasteiger partial charge < -0.3 is 20.1 Å². The van der Waals surface area contributed by atoms with Gasteiger partial charge in [-0.25, -0.2) is 4.79 Å². The number of carbonyl (C=O) groups is 4. The largest absolute Gasteiger partial charge is 0.462 e. The number of esters is 2. The van der Waals surface area contributed by atoms with Gasteiger partial charge in [-0.1, -0.05) is 31.5 Å². The summed E-state index contributed by atoms with van der Waals surface area (Å²) in [6.45, 7) is 6.93. The first-order valence-electron chi connectivity index (χ1n) is 10.3. The highest BCUT2D eigenvalue weighted by Gasteiger charge is 2.22. The van der Waals surface area contributed by atoms with Crippen molar-refractivity contribution < 1.29 is 28.7 Å². The molecule has 1 aromatic heterocycles. The number of thiophene rings is 1. The fourth-order valence-corrected chi connectivity index (χ4v) is 3.88. The summed E-state index contributed by atoms with van der Waals surface area (Å²) >= 11 is 1.22. The van der Waals surface area contributed by atoms with Gasteiger partial charge in [0, 0.05) is 5.56 Å². The van der Waals surface area contributed by atoms with Crippen molar-refractivity contribution in [3.8, 4) is 0 Å². The van der Waals surface area contributed by atoms with Gasteiger partial charge in [-0.2, -0.15) is 0 Å². The number of nitrogens with one attached hydrogen (secondary N) is 2. The highest BCUT2D eigenvalue weighted by molar-refractivity contribution is 7.15. The minimum absolute atomic E-state index is 0.217. The second-order valence-electron chi connectivity index (χ2n) is 7.54. The molecule has 0 spiro atoms. The van der Waals surface area contributed by atoms with Crippen LogP contribution in [-0.4, -0.2) is 43.5 Å². The molecule has 0 aliphatic carbocycles. The topological polar surface area (TPSA) is 111 Å². The molecule has 172 valence electrons. The molecule has 1 heterocycles. The van der Waals surface area contributed by atoms with Gasteiger partial charge in [-0.15, -0.1) is 11.3 Å². The van der Waals surface area contributed by atoms with E-state index >= 15 is 0 Å². The Balaban J connectivity index is 1.89. The number of amides is 2. The average Bonchev–Trinajstić information content (AvgIpc) is 3.11. The molecule has 0 saturated carbocycles. The van der Waals surface area contributed by atoms with Gasteiger partial charge in [-0.3, -0.25) is 14.4 Å². The van der Waals surface area contributed by atoms with Crippen molar-refractivity contribution in [3.05, 3.63) is 51.9 Å². The molecule has 2 N–H and O–H groups in total. The van der Waals surface area contributed by atoms with Crippen molar-refractivity contribution in [3.63, 3.8) is 0 Å². The summed E-state index contributed by atoms with van der Waals surface area (Å²) in [5.41, 5.74) is 2.48. The van der Waals surface area contributed by atoms with Crippen molar-refractivity contribution in [2.75, 3.05) is 25.1 Å². The molecule has 1 aromatic carbocycles. The van der Waals surface area contributed by atoms with E-state index in [1.54, 1.807) is 25.1 Å². The standard InChI is InChI=1S/C23H28N2O6S/c1-5-30-23(29)20-17(9-14(2)3)13-32-22(20)25-18(26)12-31-19(27)11-24-21(28)16-8-6-7-15(4)10-16/h6-8,10,13-14H,5,9,11-12H2,1-4H3,(H,24,28)(H,25,26). The van der Waals surface area contributed by atoms with E-state index < -0.39 is 30.4 Å². The zero-order valence-electron chi connectivity index (χ0n) is 18.7. The summed E-state index contributed by atoms with van der Waals surface area (Å²) in [5.74, 6) is -1.94. The summed E-state index contributed by atoms with van der Waals surface area (Å²) in [6, 6.07) is 6.94. The lowest BCUT2D eigenvalue weighted by atomic mass is 10.0. The van der Waals surface area contributed by atoms with Crippen LogP contribution >= 0.6 is 11.3 Å². The summed E-state index contributed by atoms with van der Waals surface area (Å²) in [7, 11) is 0. The first kappa shape index (κ1) is 25.1. The van der Waals surface area contributed by atoms with Crippen molar-refractivity contribution in [2.24, 2.45) is 5.92 Å². The maximum atomic E-state index is 12.4. The third kappa shape index (κ3) is 7.49. The second kappa shape index (κ2) is 12.0. The van der Waals surface area contributed by atoms with E-state index in [1.165, 1.54) is 11.3 Å². The summed E-state index contributed by atoms with van der Waals surface area (Å²) in [5, 5.41) is 7.23. The van der Waals surface area contributed by atoms with Gasteiger partial charge in [0.25, 0.3) is 11.8 Å². The molecule has 2 amide bonds. The minimum atomic E-state index is -0.751. The molecule has 0 saturated heterocycles. The Bertz CT molecular complexity index is 983. The Morgan fingerprint density at radius 3 is 2.53 bits per heavy atom. The number of carbonyl (C=O) groups excluding carboxylic acids is 4. The van der Waals surface area contributed by atoms with Crippen molar-refractivity contribution in [2.45, 2.75) is 34.1 Å². The molecule has 0 radical (unpaired) electrons. The number of aryl methyl sites for hydroxylation is 1. The zero-order valence-corrected chi connectivity index (χ0v) is 19.5. The van der Waals surface area contributed by atoms with Gasteiger partial charge >= 0.3 is 11.9 Å². The molecule has 0 fully saturated rings. The van der Waals surface area contributed by atoms with Crippen LogP contribution in [-0.2, 0) is 25.5 Å². The number of benzene rings is 1. The molecule has 0 atom stereocenters. The second-order valence-corrected chi connectivity index (χ2v) is 8.42. The predicted octanol–water partition coefficient (Wildman–Crippen LogP) is 3.34. The van der Waals surface area contributed by atoms with E-state index in [2.05, 4.69) is 10.6 Å². The molecule has 9 heteroatoms. The van der Waals surface area contributed by atoms with E-state index in [-0.39, 0.29) is 13.2 Å². The van der Waals surface area contributed by atoms with Crippen LogP contribution in [0.2, 0.25) is 0 Å². The van der Waals surface area contributed by atoms with Gasteiger partial charge in [0.05, 0.1) is 12.2 Å². The Labute approximate surface area is 191 Å². The van der Waals surface area contributed by atoms with Crippen LogP contribution in [0.1, 0.15) is 52.6 Å². The number of hydrogen-bond acceptors (Lipinski definition) is 7. The average molecular weight is 461 g/mol. The SMILES string of the molecule is CCOC(=O)c1c(CC(C)C)csc1NC(=O)COC(=O)CNC(=O)c1cccc(C)c1. The van der Waals surface area contributed by atoms with Gasteiger partial charge in [-0.05, 0) is 49.3 Å². The Hall–Kier alpha value is -3.20. The first-order valence-corrected chi connectivity index (χ1v) is 11.2. The van der Waals surface area contributed by atoms with Crippen molar-refractivity contribution >= 4 is 40.1 Å². The van der Waals surface area contributed by atoms with E-state index in [0.29, 0.717) is 28.5 Å². The van der Waals surface area contributed by atoms with E-state index in [4.69, 9.17) is 9.47 Å². The molecule has 2 aromatic rings. The Morgan fingerprint density at radius 2 is 1.88 bits per heavy atom. The lowest BCUT2D eigenvalue weighted by Crippen LogP contribution is -2.32. The highest BCUT2D eigenvalue weighted by atomic mass is 32.1. The Kier molecular flexibility index (Phi) is 9.39. The molecule has 0 unspecified atom stereocenters. The maximum Gasteiger partial charge on any atom is 0.341 e. The molecule has 2 rings (SSSR count). The van der Waals surface area contributed by atoms with Crippen molar-refractivity contribution in [1.29, 1.82) is 0 Å². The van der Waals surface area contributed by atoms with Gasteiger partial charge in [0.15, 0.2) is 6.61 Å². The monoisotopic (exact) mass is 460 g/mol. The van der Waals surface area contributed by atoms with Gasteiger partial charge in [0.2, 0.25) is 0 Å². The van der Waals surface area contributed by atoms with E-state index in [9.17, 15) is 19.2 Å². The van der Waals surface area contributed by atoms with Crippen LogP contribution in [0.25, 0.3) is 0 Å². The zero-order chi connectivity index (χ0) is 23.7. The van der Waals surface area contributed by atoms with E-state index in [1.807, 2.05) is 32.2 Å². The van der Waals surface area contributed by atoms with E-state index in [0.717, 1.165) is 11.1 Å². The third-order valence-electron chi connectivity index (χ3n) is 4.27. The number of ether oxygens (including phenoxy) is 2. The molecule has 8 nitrogen and oxygen atoms in total. The van der Waals surface area contributed by atoms with Gasteiger partial charge in [0.1, 0.15) is 11.5 Å². The maximum absolute atomic E-state index is 12.4. The fraction of sp³-hybridized carbons (Fsp3) is 0.391. The normalized spacial score (nSPS) is 10.5.